The number of benzene rings is 3. The first-order chi connectivity index (χ1) is 12.4. The van der Waals surface area contributed by atoms with Gasteiger partial charge in [0.05, 0.1) is 0 Å². The molecule has 1 aliphatic rings. The Morgan fingerprint density at radius 2 is 1.69 bits per heavy atom. The summed E-state index contributed by atoms with van der Waals surface area (Å²) in [5.74, 6) is -2.22. The molecule has 3 N–H and O–H groups in total. The predicted molar refractivity (Wildman–Crippen MR) is 100 cm³/mol. The lowest BCUT2D eigenvalue weighted by molar-refractivity contribution is -0.144. The molecule has 2 unspecified atom stereocenters. The van der Waals surface area contributed by atoms with Crippen LogP contribution in [-0.2, 0) is 4.79 Å². The molecule has 26 heavy (non-hydrogen) atoms. The molecule has 4 nitrogen and oxygen atoms in total. The molecule has 0 amide bonds. The predicted octanol–water partition coefficient (Wildman–Crippen LogP) is 1.99. The molecule has 0 saturated carbocycles. The highest BCUT2D eigenvalue weighted by Crippen LogP contribution is 2.41. The summed E-state index contributed by atoms with van der Waals surface area (Å²) in [6.45, 7) is 1.49. The van der Waals surface area contributed by atoms with Gasteiger partial charge in [0.1, 0.15) is 17.3 Å². The molecule has 0 heterocycles. The Balaban J connectivity index is 2.22. The van der Waals surface area contributed by atoms with E-state index >= 15 is 0 Å². The molecule has 0 radical (unpaired) electrons. The van der Waals surface area contributed by atoms with Crippen molar-refractivity contribution in [2.45, 2.75) is 12.5 Å². The smallest absolute Gasteiger partial charge is 0.313 e. The van der Waals surface area contributed by atoms with Crippen LogP contribution in [0.4, 0.5) is 0 Å². The Morgan fingerprint density at radius 1 is 1.00 bits per heavy atom. The van der Waals surface area contributed by atoms with Crippen molar-refractivity contribution >= 4 is 28.4 Å². The standard InChI is InChI=1S/C22H18O4/c1-22(26)17(21(24)25)12-14-7-3-5-9-16(14)20(22)19-15-8-4-2-6-13(15)10-11-18(19)23/h2-12,17,23,26H,1H3,(H,24,25). The number of hydrogen-bond donors (Lipinski definition) is 3. The van der Waals surface area contributed by atoms with E-state index in [4.69, 9.17) is 0 Å². The van der Waals surface area contributed by atoms with Gasteiger partial charge >= 0.3 is 5.97 Å². The highest BCUT2D eigenvalue weighted by Gasteiger charge is 2.43. The van der Waals surface area contributed by atoms with Crippen LogP contribution in [0.1, 0.15) is 12.5 Å². The first-order valence-corrected chi connectivity index (χ1v) is 8.39. The molecular formula is C22H18O4. The molecule has 3 aromatic carbocycles. The van der Waals surface area contributed by atoms with Crippen molar-refractivity contribution < 1.29 is 20.1 Å². The van der Waals surface area contributed by atoms with E-state index in [1.807, 2.05) is 48.5 Å². The summed E-state index contributed by atoms with van der Waals surface area (Å²) in [7, 11) is 0. The van der Waals surface area contributed by atoms with Gasteiger partial charge in [-0.2, -0.15) is 0 Å². The molecule has 4 heteroatoms. The van der Waals surface area contributed by atoms with Gasteiger partial charge in [-0.3, -0.25) is 4.79 Å². The highest BCUT2D eigenvalue weighted by atomic mass is 16.4. The van der Waals surface area contributed by atoms with Crippen LogP contribution in [0.3, 0.4) is 0 Å². The normalized spacial score (nSPS) is 21.9. The number of hydrogen-bond acceptors (Lipinski definition) is 3. The largest absolute Gasteiger partial charge is 0.507 e. The third-order valence-electron chi connectivity index (χ3n) is 5.11. The van der Waals surface area contributed by atoms with Crippen LogP contribution in [-0.4, -0.2) is 26.9 Å². The fraction of sp³-hybridized carbons (Fsp3) is 0.136. The van der Waals surface area contributed by atoms with Gasteiger partial charge in [0.2, 0.25) is 0 Å². The number of fused-ring (bicyclic) bond motifs is 2. The lowest BCUT2D eigenvalue weighted by atomic mass is 9.73. The summed E-state index contributed by atoms with van der Waals surface area (Å²) in [5, 5.41) is 34.7. The first kappa shape index (κ1) is 16.4. The molecule has 0 spiro atoms. The Morgan fingerprint density at radius 3 is 2.46 bits per heavy atom. The molecular weight excluding hydrogens is 328 g/mol. The number of phenols is 1. The lowest BCUT2D eigenvalue weighted by Crippen LogP contribution is -2.49. The van der Waals surface area contributed by atoms with E-state index in [0.29, 0.717) is 11.1 Å². The second-order valence-electron chi connectivity index (χ2n) is 6.77. The Hall–Kier alpha value is -3.11. The zero-order valence-corrected chi connectivity index (χ0v) is 14.2. The number of aliphatic carboxylic acids is 1. The molecule has 0 bridgehead atoms. The van der Waals surface area contributed by atoms with E-state index in [1.165, 1.54) is 6.92 Å². The maximum atomic E-state index is 11.8. The topological polar surface area (TPSA) is 77.8 Å². The number of carboxylic acid groups (broad SMARTS) is 1. The summed E-state index contributed by atoms with van der Waals surface area (Å²) in [6, 6.07) is 18.3. The van der Waals surface area contributed by atoms with Crippen LogP contribution in [0.2, 0.25) is 0 Å². The van der Waals surface area contributed by atoms with Gasteiger partial charge in [0, 0.05) is 11.1 Å². The van der Waals surface area contributed by atoms with Crippen molar-refractivity contribution in [2.75, 3.05) is 0 Å². The van der Waals surface area contributed by atoms with Gasteiger partial charge in [-0.05, 0) is 34.2 Å². The van der Waals surface area contributed by atoms with Crippen molar-refractivity contribution in [3.63, 3.8) is 0 Å². The van der Waals surface area contributed by atoms with E-state index in [1.54, 1.807) is 18.2 Å². The molecule has 0 aromatic heterocycles. The van der Waals surface area contributed by atoms with Crippen LogP contribution < -0.4 is 10.4 Å². The van der Waals surface area contributed by atoms with E-state index in [0.717, 1.165) is 21.2 Å². The Bertz CT molecular complexity index is 1160. The van der Waals surface area contributed by atoms with Crippen molar-refractivity contribution in [2.24, 2.45) is 5.92 Å². The number of phenolic OH excluding ortho intramolecular Hbond substituents is 1. The third-order valence-corrected chi connectivity index (χ3v) is 5.11. The van der Waals surface area contributed by atoms with Crippen molar-refractivity contribution in [3.05, 3.63) is 76.7 Å². The molecule has 3 aromatic rings. The number of aliphatic hydroxyl groups is 1. The minimum atomic E-state index is -1.68. The highest BCUT2D eigenvalue weighted by molar-refractivity contribution is 6.00. The number of carboxylic acids is 1. The van der Waals surface area contributed by atoms with Gasteiger partial charge in [0.15, 0.2) is 0 Å². The van der Waals surface area contributed by atoms with E-state index in [9.17, 15) is 20.1 Å². The lowest BCUT2D eigenvalue weighted by Gasteiger charge is -2.34. The SMILES string of the molecule is CC1(O)C(c2c(O)ccc3ccccc23)=c2ccccc2=CC1C(=O)O. The minimum absolute atomic E-state index is 0.0137. The molecule has 0 saturated heterocycles. The average Bonchev–Trinajstić information content (AvgIpc) is 2.61. The molecule has 130 valence electrons. The van der Waals surface area contributed by atoms with Gasteiger partial charge in [-0.15, -0.1) is 0 Å². The van der Waals surface area contributed by atoms with Crippen molar-refractivity contribution in [3.8, 4) is 5.75 Å². The quantitative estimate of drug-likeness (QED) is 0.663. The van der Waals surface area contributed by atoms with E-state index in [-0.39, 0.29) is 5.75 Å². The molecule has 4 rings (SSSR count). The van der Waals surface area contributed by atoms with Crippen LogP contribution in [0.15, 0.2) is 60.7 Å². The fourth-order valence-corrected chi connectivity index (χ4v) is 3.86. The molecule has 0 aliphatic heterocycles. The maximum Gasteiger partial charge on any atom is 0.313 e. The molecule has 2 atom stereocenters. The van der Waals surface area contributed by atoms with Gasteiger partial charge in [-0.1, -0.05) is 60.7 Å². The van der Waals surface area contributed by atoms with Crippen LogP contribution in [0, 0.1) is 5.92 Å². The summed E-state index contributed by atoms with van der Waals surface area (Å²) in [6.07, 6.45) is 1.57. The second kappa shape index (κ2) is 5.71. The summed E-state index contributed by atoms with van der Waals surface area (Å²) in [4.78, 5) is 11.8. The fourth-order valence-electron chi connectivity index (χ4n) is 3.86. The molecule has 0 fully saturated rings. The van der Waals surface area contributed by atoms with Gasteiger partial charge in [0.25, 0.3) is 0 Å². The monoisotopic (exact) mass is 346 g/mol. The first-order valence-electron chi connectivity index (χ1n) is 8.39. The second-order valence-corrected chi connectivity index (χ2v) is 6.77. The Kier molecular flexibility index (Phi) is 3.60. The summed E-state index contributed by atoms with van der Waals surface area (Å²) < 4.78 is 0. The number of carbonyl (C=O) groups is 1. The van der Waals surface area contributed by atoms with Gasteiger partial charge < -0.3 is 15.3 Å². The zero-order valence-electron chi connectivity index (χ0n) is 14.2. The van der Waals surface area contributed by atoms with Gasteiger partial charge in [-0.25, -0.2) is 0 Å². The van der Waals surface area contributed by atoms with Crippen LogP contribution in [0.25, 0.3) is 22.4 Å². The minimum Gasteiger partial charge on any atom is -0.507 e. The maximum absolute atomic E-state index is 11.8. The third kappa shape index (κ3) is 2.30. The van der Waals surface area contributed by atoms with E-state index in [2.05, 4.69) is 0 Å². The van der Waals surface area contributed by atoms with Crippen LogP contribution in [0.5, 0.6) is 5.75 Å². The number of rotatable bonds is 2. The summed E-state index contributed by atoms with van der Waals surface area (Å²) in [5.41, 5.74) is -0.779. The van der Waals surface area contributed by atoms with Crippen molar-refractivity contribution in [1.82, 2.24) is 0 Å². The van der Waals surface area contributed by atoms with Crippen LogP contribution >= 0.6 is 0 Å². The van der Waals surface area contributed by atoms with E-state index < -0.39 is 17.5 Å². The molecule has 1 aliphatic carbocycles. The Labute approximate surface area is 150 Å². The average molecular weight is 346 g/mol. The zero-order chi connectivity index (χ0) is 18.5. The number of aromatic hydroxyl groups is 1. The van der Waals surface area contributed by atoms with Crippen molar-refractivity contribution in [1.29, 1.82) is 0 Å². The summed E-state index contributed by atoms with van der Waals surface area (Å²) >= 11 is 0.